The Morgan fingerprint density at radius 1 is 1.19 bits per heavy atom. The molecule has 3 N–H and O–H groups in total. The van der Waals surface area contributed by atoms with Crippen molar-refractivity contribution in [3.63, 3.8) is 0 Å². The number of nitrogens with one attached hydrogen (secondary N) is 3. The van der Waals surface area contributed by atoms with Gasteiger partial charge in [-0.25, -0.2) is 9.78 Å². The van der Waals surface area contributed by atoms with Gasteiger partial charge in [0.15, 0.2) is 5.96 Å². The SMILES string of the molecule is CN=C(NCc1ccc(OC)nc1)NCC(C)(C)NC(=O)OC(C)(C)C.I. The first-order valence-electron chi connectivity index (χ1n) is 8.49. The van der Waals surface area contributed by atoms with E-state index in [4.69, 9.17) is 9.47 Å². The molecule has 0 radical (unpaired) electrons. The fourth-order valence-electron chi connectivity index (χ4n) is 1.97. The largest absolute Gasteiger partial charge is 0.481 e. The molecule has 1 rings (SSSR count). The van der Waals surface area contributed by atoms with E-state index in [1.54, 1.807) is 26.4 Å². The molecule has 0 aliphatic rings. The molecule has 0 spiro atoms. The van der Waals surface area contributed by atoms with Crippen LogP contribution in [-0.4, -0.2) is 48.9 Å². The molecule has 0 bridgehead atoms. The van der Waals surface area contributed by atoms with Crippen molar-refractivity contribution in [1.29, 1.82) is 0 Å². The normalized spacial score (nSPS) is 11.9. The van der Waals surface area contributed by atoms with Crippen LogP contribution in [0.25, 0.3) is 0 Å². The van der Waals surface area contributed by atoms with Crippen molar-refractivity contribution in [3.8, 4) is 5.88 Å². The third-order valence-electron chi connectivity index (χ3n) is 3.23. The molecule has 8 nitrogen and oxygen atoms in total. The Kier molecular flexibility index (Phi) is 10.4. The number of aromatic nitrogens is 1. The second-order valence-electron chi connectivity index (χ2n) is 7.50. The fraction of sp³-hybridized carbons (Fsp3) is 0.611. The predicted molar refractivity (Wildman–Crippen MR) is 118 cm³/mol. The topological polar surface area (TPSA) is 96.9 Å². The highest BCUT2D eigenvalue weighted by Crippen LogP contribution is 2.09. The van der Waals surface area contributed by atoms with Crippen LogP contribution in [0.1, 0.15) is 40.2 Å². The second-order valence-corrected chi connectivity index (χ2v) is 7.50. The molecule has 1 amide bonds. The highest BCUT2D eigenvalue weighted by atomic mass is 127. The molecule has 1 heterocycles. The van der Waals surface area contributed by atoms with Crippen molar-refractivity contribution >= 4 is 36.0 Å². The van der Waals surface area contributed by atoms with Crippen LogP contribution >= 0.6 is 24.0 Å². The minimum Gasteiger partial charge on any atom is -0.481 e. The summed E-state index contributed by atoms with van der Waals surface area (Å²) >= 11 is 0. The van der Waals surface area contributed by atoms with E-state index in [1.165, 1.54) is 0 Å². The van der Waals surface area contributed by atoms with E-state index in [2.05, 4.69) is 25.9 Å². The number of aliphatic imine (C=N–C) groups is 1. The maximum Gasteiger partial charge on any atom is 0.408 e. The van der Waals surface area contributed by atoms with E-state index in [1.807, 2.05) is 40.7 Å². The summed E-state index contributed by atoms with van der Waals surface area (Å²) in [6.45, 7) is 10.4. The number of ether oxygens (including phenoxy) is 2. The zero-order valence-corrected chi connectivity index (χ0v) is 19.5. The van der Waals surface area contributed by atoms with Gasteiger partial charge in [-0.2, -0.15) is 0 Å². The van der Waals surface area contributed by atoms with Crippen LogP contribution in [0.2, 0.25) is 0 Å². The molecular weight excluding hydrogens is 461 g/mol. The van der Waals surface area contributed by atoms with Crippen LogP contribution < -0.4 is 20.7 Å². The molecule has 9 heteroatoms. The number of hydrogen-bond donors (Lipinski definition) is 3. The minimum atomic E-state index is -0.530. The summed E-state index contributed by atoms with van der Waals surface area (Å²) in [6, 6.07) is 3.74. The lowest BCUT2D eigenvalue weighted by Crippen LogP contribution is -2.54. The Balaban J connectivity index is 0.00000676. The number of alkyl carbamates (subject to hydrolysis) is 1. The van der Waals surface area contributed by atoms with E-state index in [-0.39, 0.29) is 24.0 Å². The van der Waals surface area contributed by atoms with Gasteiger partial charge < -0.3 is 25.4 Å². The Bertz CT molecular complexity index is 612. The monoisotopic (exact) mass is 493 g/mol. The third kappa shape index (κ3) is 10.8. The van der Waals surface area contributed by atoms with Gasteiger partial charge in [0.05, 0.1) is 12.6 Å². The van der Waals surface area contributed by atoms with Crippen LogP contribution in [0.3, 0.4) is 0 Å². The van der Waals surface area contributed by atoms with Gasteiger partial charge >= 0.3 is 6.09 Å². The first-order valence-corrected chi connectivity index (χ1v) is 8.49. The Labute approximate surface area is 178 Å². The molecule has 0 aliphatic heterocycles. The molecule has 0 aromatic carbocycles. The predicted octanol–water partition coefficient (Wildman–Crippen LogP) is 2.68. The number of nitrogens with zero attached hydrogens (tertiary/aromatic N) is 2. The average Bonchev–Trinajstić information content (AvgIpc) is 2.53. The zero-order chi connectivity index (χ0) is 19.8. The van der Waals surface area contributed by atoms with Gasteiger partial charge in [-0.1, -0.05) is 6.07 Å². The number of hydrogen-bond acceptors (Lipinski definition) is 5. The molecule has 1 aromatic rings. The van der Waals surface area contributed by atoms with Gasteiger partial charge in [-0.3, -0.25) is 4.99 Å². The van der Waals surface area contributed by atoms with Gasteiger partial charge in [-0.05, 0) is 40.2 Å². The fourth-order valence-corrected chi connectivity index (χ4v) is 1.97. The highest BCUT2D eigenvalue weighted by Gasteiger charge is 2.24. The number of amides is 1. The number of carbonyl (C=O) groups excluding carboxylic acids is 1. The minimum absolute atomic E-state index is 0. The number of pyridine rings is 1. The summed E-state index contributed by atoms with van der Waals surface area (Å²) in [5, 5.41) is 9.24. The van der Waals surface area contributed by atoms with Crippen molar-refractivity contribution in [1.82, 2.24) is 20.9 Å². The highest BCUT2D eigenvalue weighted by molar-refractivity contribution is 14.0. The van der Waals surface area contributed by atoms with Gasteiger partial charge in [0, 0.05) is 32.4 Å². The molecule has 0 unspecified atom stereocenters. The van der Waals surface area contributed by atoms with Crippen LogP contribution in [0, 0.1) is 0 Å². The molecule has 0 saturated carbocycles. The number of halogens is 1. The smallest absolute Gasteiger partial charge is 0.408 e. The summed E-state index contributed by atoms with van der Waals surface area (Å²) in [7, 11) is 3.27. The molecule has 27 heavy (non-hydrogen) atoms. The van der Waals surface area contributed by atoms with Gasteiger partial charge in [0.2, 0.25) is 5.88 Å². The van der Waals surface area contributed by atoms with Crippen LogP contribution in [0.15, 0.2) is 23.3 Å². The van der Waals surface area contributed by atoms with Crippen molar-refractivity contribution < 1.29 is 14.3 Å². The Morgan fingerprint density at radius 2 is 1.85 bits per heavy atom. The molecule has 0 aliphatic carbocycles. The summed E-state index contributed by atoms with van der Waals surface area (Å²) in [5.74, 6) is 1.20. The molecule has 0 fully saturated rings. The van der Waals surface area contributed by atoms with E-state index in [9.17, 15) is 4.79 Å². The van der Waals surface area contributed by atoms with Crippen molar-refractivity contribution in [2.75, 3.05) is 20.7 Å². The molecular formula is C18H32IN5O3. The van der Waals surface area contributed by atoms with Crippen molar-refractivity contribution in [2.24, 2.45) is 4.99 Å². The lowest BCUT2D eigenvalue weighted by atomic mass is 10.1. The Hall–Kier alpha value is -1.78. The Morgan fingerprint density at radius 3 is 2.33 bits per heavy atom. The molecule has 0 atom stereocenters. The van der Waals surface area contributed by atoms with Crippen LogP contribution in [0.5, 0.6) is 5.88 Å². The maximum absolute atomic E-state index is 11.9. The van der Waals surface area contributed by atoms with Crippen LogP contribution in [0.4, 0.5) is 4.79 Å². The van der Waals surface area contributed by atoms with Crippen LogP contribution in [-0.2, 0) is 11.3 Å². The molecule has 0 saturated heterocycles. The summed E-state index contributed by atoms with van der Waals surface area (Å²) < 4.78 is 10.3. The summed E-state index contributed by atoms with van der Waals surface area (Å²) in [6.07, 6.45) is 1.30. The van der Waals surface area contributed by atoms with Gasteiger partial charge in [0.25, 0.3) is 0 Å². The summed E-state index contributed by atoms with van der Waals surface area (Å²) in [5.41, 5.74) is -0.0426. The standard InChI is InChI=1S/C18H31N5O3.HI/c1-17(2,3)26-16(24)23-18(4,5)12-22-15(19-6)21-11-13-8-9-14(25-7)20-10-13;/h8-10H,11-12H2,1-7H3,(H,23,24)(H2,19,21,22);1H. The number of guanidine groups is 1. The molecule has 1 aromatic heterocycles. The maximum atomic E-state index is 11.9. The third-order valence-corrected chi connectivity index (χ3v) is 3.23. The lowest BCUT2D eigenvalue weighted by Gasteiger charge is -2.29. The summed E-state index contributed by atoms with van der Waals surface area (Å²) in [4.78, 5) is 20.3. The zero-order valence-electron chi connectivity index (χ0n) is 17.2. The number of carbonyl (C=O) groups is 1. The average molecular weight is 493 g/mol. The molecule has 154 valence electrons. The lowest BCUT2D eigenvalue weighted by molar-refractivity contribution is 0.0474. The second kappa shape index (κ2) is 11.2. The van der Waals surface area contributed by atoms with E-state index in [0.717, 1.165) is 5.56 Å². The quantitative estimate of drug-likeness (QED) is 0.321. The first kappa shape index (κ1) is 25.2. The number of methoxy groups -OCH3 is 1. The number of rotatable bonds is 6. The van der Waals surface area contributed by atoms with E-state index < -0.39 is 17.2 Å². The van der Waals surface area contributed by atoms with Gasteiger partial charge in [-0.15, -0.1) is 24.0 Å². The van der Waals surface area contributed by atoms with Crippen molar-refractivity contribution in [2.45, 2.75) is 52.3 Å². The van der Waals surface area contributed by atoms with Gasteiger partial charge in [0.1, 0.15) is 5.60 Å². The van der Waals surface area contributed by atoms with E-state index >= 15 is 0 Å². The first-order chi connectivity index (χ1) is 12.0. The van der Waals surface area contributed by atoms with Crippen molar-refractivity contribution in [3.05, 3.63) is 23.9 Å². The van der Waals surface area contributed by atoms with E-state index in [0.29, 0.717) is 24.9 Å².